The second kappa shape index (κ2) is 8.70. The number of aromatic amines is 1. The van der Waals surface area contributed by atoms with E-state index in [1.807, 2.05) is 18.2 Å². The molecular weight excluding hydrogens is 476 g/mol. The summed E-state index contributed by atoms with van der Waals surface area (Å²) in [4.78, 5) is 59.1. The fraction of sp³-hybridized carbons (Fsp3) is 0.231. The Balaban J connectivity index is 1.46. The van der Waals surface area contributed by atoms with Gasteiger partial charge < -0.3 is 24.3 Å². The molecule has 1 atom stereocenters. The highest BCUT2D eigenvalue weighted by atomic mass is 16.5. The second-order valence-corrected chi connectivity index (χ2v) is 8.74. The van der Waals surface area contributed by atoms with E-state index < -0.39 is 17.7 Å². The summed E-state index contributed by atoms with van der Waals surface area (Å²) in [7, 11) is 2.93. The lowest BCUT2D eigenvalue weighted by atomic mass is 9.93. The number of ketones is 1. The van der Waals surface area contributed by atoms with E-state index in [9.17, 15) is 14.4 Å². The van der Waals surface area contributed by atoms with Crippen molar-refractivity contribution in [3.63, 3.8) is 0 Å². The first-order valence-corrected chi connectivity index (χ1v) is 11.7. The van der Waals surface area contributed by atoms with Crippen molar-refractivity contribution in [2.24, 2.45) is 0 Å². The lowest BCUT2D eigenvalue weighted by molar-refractivity contribution is -0.131. The maximum atomic E-state index is 13.3. The summed E-state index contributed by atoms with van der Waals surface area (Å²) >= 11 is 0. The van der Waals surface area contributed by atoms with Crippen molar-refractivity contribution < 1.29 is 23.9 Å². The normalized spacial score (nSPS) is 17.0. The van der Waals surface area contributed by atoms with Gasteiger partial charge in [-0.2, -0.15) is 4.98 Å². The van der Waals surface area contributed by atoms with Gasteiger partial charge in [-0.05, 0) is 18.2 Å². The van der Waals surface area contributed by atoms with Gasteiger partial charge in [0, 0.05) is 43.0 Å². The van der Waals surface area contributed by atoms with Crippen molar-refractivity contribution in [3.8, 4) is 23.1 Å². The molecule has 1 N–H and O–H groups in total. The number of ether oxygens (including phenoxy) is 2. The molecule has 0 saturated carbocycles. The molecule has 3 aromatic heterocycles. The maximum Gasteiger partial charge on any atom is 0.319 e. The smallest absolute Gasteiger partial charge is 0.319 e. The number of benzene rings is 1. The first-order valence-electron chi connectivity index (χ1n) is 11.7. The van der Waals surface area contributed by atoms with E-state index in [4.69, 9.17) is 9.47 Å². The van der Waals surface area contributed by atoms with E-state index in [1.54, 1.807) is 34.2 Å². The van der Waals surface area contributed by atoms with Crippen LogP contribution in [-0.4, -0.2) is 81.2 Å². The van der Waals surface area contributed by atoms with Gasteiger partial charge in [-0.1, -0.05) is 18.2 Å². The number of pyridine rings is 1. The molecule has 1 saturated heterocycles. The van der Waals surface area contributed by atoms with E-state index in [2.05, 4.69) is 19.9 Å². The van der Waals surface area contributed by atoms with Gasteiger partial charge in [-0.3, -0.25) is 19.4 Å². The Morgan fingerprint density at radius 2 is 1.86 bits per heavy atom. The van der Waals surface area contributed by atoms with Crippen LogP contribution in [0.3, 0.4) is 0 Å². The zero-order valence-corrected chi connectivity index (χ0v) is 20.1. The summed E-state index contributed by atoms with van der Waals surface area (Å²) in [6.07, 6.45) is 3.10. The number of carbonyl (C=O) groups excluding carboxylic acids is 3. The number of hydrogen-bond acceptors (Lipinski definition) is 8. The highest BCUT2D eigenvalue weighted by Crippen LogP contribution is 2.40. The fourth-order valence-electron chi connectivity index (χ4n) is 5.06. The molecule has 2 amide bonds. The largest absolute Gasteiger partial charge is 0.480 e. The number of piperazine rings is 1. The van der Waals surface area contributed by atoms with Crippen molar-refractivity contribution in [3.05, 3.63) is 65.6 Å². The Labute approximate surface area is 211 Å². The van der Waals surface area contributed by atoms with E-state index in [1.165, 1.54) is 20.4 Å². The molecule has 0 bridgehead atoms. The Kier molecular flexibility index (Phi) is 5.32. The number of Topliss-reactive ketones (excluding diaryl/α,β-unsaturated/α-hetero) is 1. The number of hydrogen-bond donors (Lipinski definition) is 1. The number of carbonyl (C=O) groups is 3. The number of aromatic nitrogens is 4. The van der Waals surface area contributed by atoms with Gasteiger partial charge in [0.15, 0.2) is 0 Å². The Bertz CT molecular complexity index is 1570. The first kappa shape index (κ1) is 22.7. The standard InChI is InChI=1S/C26H22N6O5/c1-36-23-16(12-28-26(30-23)37-2)19-20-15(8-9-27-19)18-21(29-20)17-13-31(10-11-32(17)25(35)22(18)33)24(34)14-6-4-3-5-7-14/h3-9,12,17,29H,10-11,13H2,1-2H3/t17-/m0/s1. The zero-order chi connectivity index (χ0) is 25.7. The molecule has 11 heteroatoms. The van der Waals surface area contributed by atoms with Crippen LogP contribution in [0.4, 0.5) is 0 Å². The SMILES string of the molecule is COc1ncc(-c2nccc3c4c([nH]c23)[C@@H]2CN(C(=O)c3ccccc3)CCN2C(=O)C4=O)c(OC)n1. The molecule has 1 fully saturated rings. The molecule has 2 aliphatic rings. The van der Waals surface area contributed by atoms with Gasteiger partial charge in [0.2, 0.25) is 5.88 Å². The molecule has 4 aromatic rings. The van der Waals surface area contributed by atoms with Crippen LogP contribution in [-0.2, 0) is 4.79 Å². The molecule has 5 heterocycles. The van der Waals surface area contributed by atoms with Crippen LogP contribution in [0.15, 0.2) is 48.8 Å². The Morgan fingerprint density at radius 1 is 1.05 bits per heavy atom. The predicted molar refractivity (Wildman–Crippen MR) is 131 cm³/mol. The summed E-state index contributed by atoms with van der Waals surface area (Å²) < 4.78 is 10.5. The van der Waals surface area contributed by atoms with Crippen LogP contribution < -0.4 is 9.47 Å². The first-order chi connectivity index (χ1) is 18.0. The third kappa shape index (κ3) is 3.50. The number of nitrogens with zero attached hydrogens (tertiary/aromatic N) is 5. The third-order valence-corrected chi connectivity index (χ3v) is 6.82. The minimum atomic E-state index is -0.588. The molecule has 1 aromatic carbocycles. The minimum absolute atomic E-state index is 0.121. The summed E-state index contributed by atoms with van der Waals surface area (Å²) in [5.74, 6) is -1.03. The van der Waals surface area contributed by atoms with Crippen molar-refractivity contribution in [1.82, 2.24) is 29.7 Å². The quantitative estimate of drug-likeness (QED) is 0.424. The monoisotopic (exact) mass is 498 g/mol. The fourth-order valence-corrected chi connectivity index (χ4v) is 5.06. The number of H-pyrrole nitrogens is 1. The number of amides is 2. The van der Waals surface area contributed by atoms with Gasteiger partial charge in [0.1, 0.15) is 5.69 Å². The molecule has 37 heavy (non-hydrogen) atoms. The number of rotatable bonds is 4. The number of methoxy groups -OCH3 is 2. The molecule has 2 aliphatic heterocycles. The lowest BCUT2D eigenvalue weighted by Gasteiger charge is -2.43. The van der Waals surface area contributed by atoms with Gasteiger partial charge in [-0.15, -0.1) is 0 Å². The lowest BCUT2D eigenvalue weighted by Crippen LogP contribution is -2.56. The van der Waals surface area contributed by atoms with Crippen molar-refractivity contribution in [2.75, 3.05) is 33.9 Å². The average Bonchev–Trinajstić information content (AvgIpc) is 3.35. The van der Waals surface area contributed by atoms with E-state index in [-0.39, 0.29) is 30.9 Å². The van der Waals surface area contributed by atoms with Crippen molar-refractivity contribution in [2.45, 2.75) is 6.04 Å². The second-order valence-electron chi connectivity index (χ2n) is 8.74. The van der Waals surface area contributed by atoms with Gasteiger partial charge >= 0.3 is 6.01 Å². The van der Waals surface area contributed by atoms with Crippen LogP contribution in [0, 0.1) is 0 Å². The molecular formula is C26H22N6O5. The summed E-state index contributed by atoms with van der Waals surface area (Å²) in [5, 5.41) is 0.558. The summed E-state index contributed by atoms with van der Waals surface area (Å²) in [6.45, 7) is 0.851. The Hall–Kier alpha value is -4.80. The minimum Gasteiger partial charge on any atom is -0.480 e. The van der Waals surface area contributed by atoms with Crippen LogP contribution in [0.5, 0.6) is 11.9 Å². The molecule has 0 unspecified atom stereocenters. The molecule has 0 spiro atoms. The summed E-state index contributed by atoms with van der Waals surface area (Å²) in [6, 6.07) is 10.3. The van der Waals surface area contributed by atoms with Crippen LogP contribution in [0.1, 0.15) is 32.5 Å². The Morgan fingerprint density at radius 3 is 2.62 bits per heavy atom. The molecule has 186 valence electrons. The van der Waals surface area contributed by atoms with Crippen LogP contribution >= 0.6 is 0 Å². The number of nitrogens with one attached hydrogen (secondary N) is 1. The molecule has 11 nitrogen and oxygen atoms in total. The molecule has 0 aliphatic carbocycles. The van der Waals surface area contributed by atoms with Crippen molar-refractivity contribution >= 4 is 28.5 Å². The third-order valence-electron chi connectivity index (χ3n) is 6.82. The van der Waals surface area contributed by atoms with E-state index in [0.717, 1.165) is 0 Å². The highest BCUT2D eigenvalue weighted by Gasteiger charge is 2.44. The summed E-state index contributed by atoms with van der Waals surface area (Å²) in [5.41, 5.74) is 2.96. The van der Waals surface area contributed by atoms with Crippen molar-refractivity contribution in [1.29, 1.82) is 0 Å². The van der Waals surface area contributed by atoms with Gasteiger partial charge in [-0.25, -0.2) is 4.98 Å². The molecule has 6 rings (SSSR count). The van der Waals surface area contributed by atoms with Gasteiger partial charge in [0.05, 0.1) is 42.6 Å². The van der Waals surface area contributed by atoms with E-state index in [0.29, 0.717) is 45.5 Å². The van der Waals surface area contributed by atoms with Gasteiger partial charge in [0.25, 0.3) is 17.6 Å². The van der Waals surface area contributed by atoms with Crippen LogP contribution in [0.25, 0.3) is 22.2 Å². The van der Waals surface area contributed by atoms with E-state index >= 15 is 0 Å². The average molecular weight is 498 g/mol. The molecule has 0 radical (unpaired) electrons. The van der Waals surface area contributed by atoms with Crippen LogP contribution in [0.2, 0.25) is 0 Å². The maximum absolute atomic E-state index is 13.3. The predicted octanol–water partition coefficient (Wildman–Crippen LogP) is 2.26. The highest BCUT2D eigenvalue weighted by molar-refractivity contribution is 6.46. The zero-order valence-electron chi connectivity index (χ0n) is 20.1. The number of fused-ring (bicyclic) bond motifs is 5. The topological polar surface area (TPSA) is 131 Å².